The first-order valence-corrected chi connectivity index (χ1v) is 8.45. The number of carbonyl (C=O) groups is 1. The summed E-state index contributed by atoms with van der Waals surface area (Å²) in [6, 6.07) is 4.45. The van der Waals surface area contributed by atoms with Gasteiger partial charge < -0.3 is 5.73 Å². The Bertz CT molecular complexity index is 1020. The zero-order chi connectivity index (χ0) is 16.8. The average Bonchev–Trinajstić information content (AvgIpc) is 3.09. The second kappa shape index (κ2) is 5.26. The Balaban J connectivity index is 2.31. The van der Waals surface area contributed by atoms with Crippen molar-refractivity contribution >= 4 is 44.2 Å². The van der Waals surface area contributed by atoms with E-state index < -0.39 is 15.9 Å². The monoisotopic (exact) mass is 353 g/mol. The highest BCUT2D eigenvalue weighted by molar-refractivity contribution is 7.92. The van der Waals surface area contributed by atoms with Gasteiger partial charge in [-0.05, 0) is 19.1 Å². The van der Waals surface area contributed by atoms with Gasteiger partial charge in [-0.3, -0.25) is 10.2 Å². The van der Waals surface area contributed by atoms with Gasteiger partial charge in [0.15, 0.2) is 0 Å². The molecule has 0 unspecified atom stereocenters. The van der Waals surface area contributed by atoms with E-state index in [1.807, 2.05) is 5.43 Å². The predicted octanol–water partition coefficient (Wildman–Crippen LogP) is -0.381. The Hall–Kier alpha value is -2.57. The maximum absolute atomic E-state index is 12.7. The second-order valence-corrected chi connectivity index (χ2v) is 7.62. The van der Waals surface area contributed by atoms with Crippen LogP contribution < -0.4 is 17.0 Å². The number of hydrazine groups is 1. The van der Waals surface area contributed by atoms with Crippen LogP contribution in [0.25, 0.3) is 11.0 Å². The van der Waals surface area contributed by atoms with Crippen molar-refractivity contribution in [3.63, 3.8) is 0 Å². The van der Waals surface area contributed by atoms with Crippen molar-refractivity contribution in [3.8, 4) is 0 Å². The summed E-state index contributed by atoms with van der Waals surface area (Å²) >= 11 is 0.912. The van der Waals surface area contributed by atoms with Crippen LogP contribution in [-0.2, 0) is 10.0 Å². The first kappa shape index (κ1) is 15.3. The number of anilines is 1. The van der Waals surface area contributed by atoms with E-state index in [0.29, 0.717) is 5.01 Å². The summed E-state index contributed by atoms with van der Waals surface area (Å²) in [7, 11) is -4.07. The highest BCUT2D eigenvalue weighted by Crippen LogP contribution is 2.27. The van der Waals surface area contributed by atoms with Crippen molar-refractivity contribution in [2.24, 2.45) is 5.84 Å². The Morgan fingerprint density at radius 1 is 1.35 bits per heavy atom. The van der Waals surface area contributed by atoms with Crippen molar-refractivity contribution in [1.29, 1.82) is 0 Å². The molecule has 0 radical (unpaired) electrons. The van der Waals surface area contributed by atoms with Gasteiger partial charge in [0.05, 0.1) is 11.1 Å². The van der Waals surface area contributed by atoms with Crippen molar-refractivity contribution in [1.82, 2.24) is 24.6 Å². The second-order valence-electron chi connectivity index (χ2n) is 4.47. The number of nitrogens with one attached hydrogen (secondary N) is 1. The molecule has 0 fully saturated rings. The first-order chi connectivity index (χ1) is 10.9. The minimum absolute atomic E-state index is 0.110. The van der Waals surface area contributed by atoms with E-state index in [0.717, 1.165) is 15.3 Å². The molecule has 0 saturated carbocycles. The number of para-hydroxylation sites is 1. The molecular formula is C11H11N7O3S2. The molecular weight excluding hydrogens is 342 g/mol. The van der Waals surface area contributed by atoms with Crippen LogP contribution in [0.3, 0.4) is 0 Å². The number of rotatable bonds is 3. The van der Waals surface area contributed by atoms with E-state index in [-0.39, 0.29) is 26.9 Å². The number of nitrogens with zero attached hydrogens (tertiary/aromatic N) is 4. The molecule has 2 heterocycles. The van der Waals surface area contributed by atoms with E-state index in [1.54, 1.807) is 6.92 Å². The molecule has 1 amide bonds. The number of nitrogens with two attached hydrogens (primary N) is 2. The molecule has 23 heavy (non-hydrogen) atoms. The van der Waals surface area contributed by atoms with Crippen LogP contribution in [0, 0.1) is 6.92 Å². The first-order valence-electron chi connectivity index (χ1n) is 6.20. The number of hydrogen-bond acceptors (Lipinski definition) is 9. The van der Waals surface area contributed by atoms with Crippen LogP contribution in [0.5, 0.6) is 0 Å². The fourth-order valence-electron chi connectivity index (χ4n) is 2.07. The van der Waals surface area contributed by atoms with E-state index in [2.05, 4.69) is 15.2 Å². The third-order valence-corrected chi connectivity index (χ3v) is 5.91. The number of hydrogen-bond donors (Lipinski definition) is 3. The predicted molar refractivity (Wildman–Crippen MR) is 83.0 cm³/mol. The number of imidazole rings is 1. The van der Waals surface area contributed by atoms with Crippen LogP contribution in [0.1, 0.15) is 15.4 Å². The lowest BCUT2D eigenvalue weighted by molar-refractivity contribution is 0.0955. The molecule has 0 aliphatic carbocycles. The van der Waals surface area contributed by atoms with Gasteiger partial charge in [0.25, 0.3) is 20.3 Å². The number of benzene rings is 1. The summed E-state index contributed by atoms with van der Waals surface area (Å²) in [5, 5.41) is 7.83. The number of carbonyl (C=O) groups excluding carboxylic acids is 1. The van der Waals surface area contributed by atoms with Crippen LogP contribution in [0.2, 0.25) is 0 Å². The number of amides is 1. The van der Waals surface area contributed by atoms with Gasteiger partial charge in [-0.15, -0.1) is 10.2 Å². The van der Waals surface area contributed by atoms with Crippen molar-refractivity contribution in [2.45, 2.75) is 11.3 Å². The lowest BCUT2D eigenvalue weighted by Gasteiger charge is -2.05. The van der Waals surface area contributed by atoms with E-state index in [4.69, 9.17) is 11.6 Å². The van der Waals surface area contributed by atoms with Crippen molar-refractivity contribution in [2.75, 3.05) is 5.73 Å². The zero-order valence-corrected chi connectivity index (χ0v) is 13.3. The number of aromatic nitrogens is 4. The third kappa shape index (κ3) is 2.32. The molecule has 12 heteroatoms. The smallest absolute Gasteiger partial charge is 0.300 e. The van der Waals surface area contributed by atoms with Crippen LogP contribution in [-0.4, -0.2) is 33.5 Å². The lowest BCUT2D eigenvalue weighted by Crippen LogP contribution is -2.30. The Morgan fingerprint density at radius 3 is 2.70 bits per heavy atom. The molecule has 3 rings (SSSR count). The lowest BCUT2D eigenvalue weighted by atomic mass is 10.2. The summed E-state index contributed by atoms with van der Waals surface area (Å²) < 4.78 is 26.1. The van der Waals surface area contributed by atoms with Gasteiger partial charge >= 0.3 is 0 Å². The Morgan fingerprint density at radius 2 is 2.09 bits per heavy atom. The molecule has 5 N–H and O–H groups in total. The molecule has 1 aromatic carbocycles. The summed E-state index contributed by atoms with van der Waals surface area (Å²) in [6.45, 7) is 1.63. The summed E-state index contributed by atoms with van der Waals surface area (Å²) in [5.74, 6) is 4.23. The summed E-state index contributed by atoms with van der Waals surface area (Å²) in [5.41, 5.74) is 8.12. The number of fused-ring (bicyclic) bond motifs is 1. The molecule has 0 aliphatic heterocycles. The SMILES string of the molecule is Cc1nnc(S(=O)(=O)n2c(N)nc3c(C(=O)NN)cccc32)s1. The molecule has 0 bridgehead atoms. The van der Waals surface area contributed by atoms with Crippen molar-refractivity contribution in [3.05, 3.63) is 28.8 Å². The van der Waals surface area contributed by atoms with Crippen LogP contribution in [0.15, 0.2) is 22.5 Å². The molecule has 2 aromatic heterocycles. The van der Waals surface area contributed by atoms with Gasteiger partial charge in [0.2, 0.25) is 5.95 Å². The number of nitrogen functional groups attached to an aromatic ring is 2. The Kier molecular flexibility index (Phi) is 3.50. The normalized spacial score (nSPS) is 11.7. The minimum atomic E-state index is -4.07. The molecule has 0 spiro atoms. The van der Waals surface area contributed by atoms with Gasteiger partial charge in [-0.2, -0.15) is 12.4 Å². The average molecular weight is 353 g/mol. The molecule has 0 saturated heterocycles. The van der Waals surface area contributed by atoms with Gasteiger partial charge in [-0.25, -0.2) is 10.8 Å². The molecule has 0 aliphatic rings. The number of aryl methyl sites for hydroxylation is 1. The topological polar surface area (TPSA) is 159 Å². The standard InChI is InChI=1S/C11H11N7O3S2/c1-5-16-17-11(22-5)23(20,21)18-7-4-2-3-6(9(19)15-13)8(7)14-10(18)12/h2-4H,13H2,1H3,(H2,12,14)(H,15,19). The largest absolute Gasteiger partial charge is 0.368 e. The van der Waals surface area contributed by atoms with E-state index in [9.17, 15) is 13.2 Å². The fourth-order valence-corrected chi connectivity index (χ4v) is 4.49. The Labute approximate surface area is 134 Å². The minimum Gasteiger partial charge on any atom is -0.368 e. The maximum atomic E-state index is 12.7. The third-order valence-electron chi connectivity index (χ3n) is 3.01. The molecule has 10 nitrogen and oxygen atoms in total. The quantitative estimate of drug-likeness (QED) is 0.326. The highest BCUT2D eigenvalue weighted by atomic mass is 32.2. The molecule has 3 aromatic rings. The zero-order valence-electron chi connectivity index (χ0n) is 11.7. The summed E-state index contributed by atoms with van der Waals surface area (Å²) in [4.78, 5) is 15.8. The maximum Gasteiger partial charge on any atom is 0.300 e. The van der Waals surface area contributed by atoms with Gasteiger partial charge in [0.1, 0.15) is 10.5 Å². The molecule has 0 atom stereocenters. The van der Waals surface area contributed by atoms with Gasteiger partial charge in [-0.1, -0.05) is 17.4 Å². The highest BCUT2D eigenvalue weighted by Gasteiger charge is 2.28. The van der Waals surface area contributed by atoms with Crippen molar-refractivity contribution < 1.29 is 13.2 Å². The summed E-state index contributed by atoms with van der Waals surface area (Å²) in [6.07, 6.45) is 0. The molecule has 120 valence electrons. The van der Waals surface area contributed by atoms with E-state index in [1.165, 1.54) is 18.2 Å². The van der Waals surface area contributed by atoms with Crippen LogP contribution in [0.4, 0.5) is 5.95 Å². The van der Waals surface area contributed by atoms with Gasteiger partial charge in [0, 0.05) is 0 Å². The van der Waals surface area contributed by atoms with Crippen LogP contribution >= 0.6 is 11.3 Å². The van der Waals surface area contributed by atoms with E-state index >= 15 is 0 Å². The fraction of sp³-hybridized carbons (Fsp3) is 0.0909.